The Bertz CT molecular complexity index is 328. The second-order valence-corrected chi connectivity index (χ2v) is 5.62. The molecule has 0 aromatic heterocycles. The maximum Gasteiger partial charge on any atom is 0.320 e. The number of carboxylic acids is 1. The Kier molecular flexibility index (Phi) is 4.22. The third-order valence-electron chi connectivity index (χ3n) is 3.84. The van der Waals surface area contributed by atoms with Crippen molar-refractivity contribution in [2.75, 3.05) is 19.6 Å². The molecule has 5 nitrogen and oxygen atoms in total. The van der Waals surface area contributed by atoms with E-state index in [1.54, 1.807) is 0 Å². The molecule has 102 valence electrons. The first-order valence-corrected chi connectivity index (χ1v) is 6.82. The maximum absolute atomic E-state index is 12.0. The Morgan fingerprint density at radius 2 is 2.11 bits per heavy atom. The van der Waals surface area contributed by atoms with Gasteiger partial charge in [-0.25, -0.2) is 0 Å². The van der Waals surface area contributed by atoms with Crippen LogP contribution >= 0.6 is 0 Å². The molecule has 1 aliphatic heterocycles. The first-order chi connectivity index (χ1) is 8.58. The molecule has 0 spiro atoms. The number of aliphatic carboxylic acids is 1. The van der Waals surface area contributed by atoms with Gasteiger partial charge in [-0.05, 0) is 37.5 Å². The molecule has 2 N–H and O–H groups in total. The second-order valence-electron chi connectivity index (χ2n) is 5.62. The van der Waals surface area contributed by atoms with Crippen LogP contribution in [-0.2, 0) is 9.59 Å². The summed E-state index contributed by atoms with van der Waals surface area (Å²) >= 11 is 0. The average molecular weight is 254 g/mol. The number of nitrogens with one attached hydrogen (secondary N) is 1. The molecule has 2 unspecified atom stereocenters. The lowest BCUT2D eigenvalue weighted by molar-refractivity contribution is -0.140. The topological polar surface area (TPSA) is 69.6 Å². The van der Waals surface area contributed by atoms with Crippen molar-refractivity contribution in [3.63, 3.8) is 0 Å². The monoisotopic (exact) mass is 254 g/mol. The summed E-state index contributed by atoms with van der Waals surface area (Å²) in [7, 11) is 0. The van der Waals surface area contributed by atoms with Crippen molar-refractivity contribution >= 4 is 11.9 Å². The van der Waals surface area contributed by atoms with Crippen molar-refractivity contribution in [1.82, 2.24) is 10.2 Å². The Labute approximate surface area is 108 Å². The summed E-state index contributed by atoms with van der Waals surface area (Å²) in [6, 6.07) is -0.545. The minimum absolute atomic E-state index is 0.0356. The first kappa shape index (κ1) is 13.3. The van der Waals surface area contributed by atoms with Crippen LogP contribution in [0.2, 0.25) is 0 Å². The molecule has 1 heterocycles. The van der Waals surface area contributed by atoms with Gasteiger partial charge in [-0.2, -0.15) is 0 Å². The summed E-state index contributed by atoms with van der Waals surface area (Å²) in [4.78, 5) is 24.9. The van der Waals surface area contributed by atoms with E-state index in [0.717, 1.165) is 32.4 Å². The van der Waals surface area contributed by atoms with Crippen LogP contribution in [-0.4, -0.2) is 47.6 Å². The molecule has 0 aromatic rings. The summed E-state index contributed by atoms with van der Waals surface area (Å²) in [5.41, 5.74) is 0. The first-order valence-electron chi connectivity index (χ1n) is 6.82. The number of amides is 1. The predicted octanol–water partition coefficient (Wildman–Crippen LogP) is 0.698. The highest BCUT2D eigenvalue weighted by atomic mass is 16.4. The summed E-state index contributed by atoms with van der Waals surface area (Å²) < 4.78 is 0. The fourth-order valence-electron chi connectivity index (χ4n) is 2.61. The van der Waals surface area contributed by atoms with E-state index in [2.05, 4.69) is 12.2 Å². The summed E-state index contributed by atoms with van der Waals surface area (Å²) in [6.45, 7) is 3.92. The van der Waals surface area contributed by atoms with E-state index in [4.69, 9.17) is 5.11 Å². The Morgan fingerprint density at radius 3 is 2.67 bits per heavy atom. The van der Waals surface area contributed by atoms with Crippen molar-refractivity contribution < 1.29 is 14.7 Å². The lowest BCUT2D eigenvalue weighted by Crippen LogP contribution is -2.47. The van der Waals surface area contributed by atoms with Crippen molar-refractivity contribution in [2.45, 2.75) is 38.6 Å². The van der Waals surface area contributed by atoms with Gasteiger partial charge < -0.3 is 10.0 Å². The van der Waals surface area contributed by atoms with E-state index in [0.29, 0.717) is 5.92 Å². The average Bonchev–Trinajstić information content (AvgIpc) is 3.13. The van der Waals surface area contributed by atoms with Crippen LogP contribution in [0.25, 0.3) is 0 Å². The van der Waals surface area contributed by atoms with Crippen molar-refractivity contribution in [3.05, 3.63) is 0 Å². The van der Waals surface area contributed by atoms with E-state index in [1.165, 1.54) is 6.42 Å². The van der Waals surface area contributed by atoms with Crippen molar-refractivity contribution in [1.29, 1.82) is 0 Å². The molecule has 1 saturated carbocycles. The van der Waals surface area contributed by atoms with Gasteiger partial charge in [0.2, 0.25) is 5.91 Å². The van der Waals surface area contributed by atoms with Crippen LogP contribution in [0.5, 0.6) is 0 Å². The van der Waals surface area contributed by atoms with E-state index in [1.807, 2.05) is 4.90 Å². The summed E-state index contributed by atoms with van der Waals surface area (Å²) in [5, 5.41) is 12.0. The predicted molar refractivity (Wildman–Crippen MR) is 67.1 cm³/mol. The standard InChI is InChI=1S/C13H22N2O3/c1-9-3-2-6-15(8-9)11(16)7-14-12(13(17)18)10-4-5-10/h9-10,12,14H,2-8H2,1H3,(H,17,18). The lowest BCUT2D eigenvalue weighted by Gasteiger charge is -2.31. The Balaban J connectivity index is 1.78. The molecule has 0 radical (unpaired) electrons. The number of carbonyl (C=O) groups is 2. The number of nitrogens with zero attached hydrogens (tertiary/aromatic N) is 1. The lowest BCUT2D eigenvalue weighted by atomic mass is 10.0. The highest BCUT2D eigenvalue weighted by molar-refractivity contribution is 5.80. The van der Waals surface area contributed by atoms with Crippen LogP contribution in [0.15, 0.2) is 0 Å². The van der Waals surface area contributed by atoms with Gasteiger partial charge in [-0.3, -0.25) is 14.9 Å². The van der Waals surface area contributed by atoms with Crippen molar-refractivity contribution in [3.8, 4) is 0 Å². The van der Waals surface area contributed by atoms with Gasteiger partial charge in [0.25, 0.3) is 0 Å². The number of likely N-dealkylation sites (tertiary alicyclic amines) is 1. The number of hydrogen-bond acceptors (Lipinski definition) is 3. The van der Waals surface area contributed by atoms with Crippen LogP contribution in [0.3, 0.4) is 0 Å². The Hall–Kier alpha value is -1.10. The number of carbonyl (C=O) groups excluding carboxylic acids is 1. The Morgan fingerprint density at radius 1 is 1.39 bits per heavy atom. The molecule has 2 aliphatic rings. The molecule has 18 heavy (non-hydrogen) atoms. The third kappa shape index (κ3) is 3.45. The quantitative estimate of drug-likeness (QED) is 0.757. The molecule has 1 saturated heterocycles. The molecule has 2 rings (SSSR count). The molecule has 2 fully saturated rings. The van der Waals surface area contributed by atoms with Gasteiger partial charge >= 0.3 is 5.97 Å². The molecule has 2 atom stereocenters. The molecule has 1 amide bonds. The van der Waals surface area contributed by atoms with Gasteiger partial charge in [0.15, 0.2) is 0 Å². The second kappa shape index (κ2) is 5.69. The van der Waals surface area contributed by atoms with Gasteiger partial charge in [0.05, 0.1) is 6.54 Å². The zero-order valence-electron chi connectivity index (χ0n) is 10.9. The zero-order chi connectivity index (χ0) is 13.1. The molecular formula is C13H22N2O3. The minimum Gasteiger partial charge on any atom is -0.480 e. The molecule has 5 heteroatoms. The van der Waals surface area contributed by atoms with Crippen molar-refractivity contribution in [2.24, 2.45) is 11.8 Å². The van der Waals surface area contributed by atoms with E-state index in [-0.39, 0.29) is 18.4 Å². The smallest absolute Gasteiger partial charge is 0.320 e. The minimum atomic E-state index is -0.836. The van der Waals surface area contributed by atoms with Gasteiger partial charge in [0, 0.05) is 13.1 Å². The highest BCUT2D eigenvalue weighted by Gasteiger charge is 2.36. The number of rotatable bonds is 5. The fourth-order valence-corrected chi connectivity index (χ4v) is 2.61. The summed E-state index contributed by atoms with van der Waals surface area (Å²) in [5.74, 6) is -0.0252. The largest absolute Gasteiger partial charge is 0.480 e. The van der Waals surface area contributed by atoms with Gasteiger partial charge in [-0.15, -0.1) is 0 Å². The van der Waals surface area contributed by atoms with E-state index < -0.39 is 12.0 Å². The van der Waals surface area contributed by atoms with Crippen LogP contribution in [0.1, 0.15) is 32.6 Å². The van der Waals surface area contributed by atoms with E-state index >= 15 is 0 Å². The molecule has 1 aliphatic carbocycles. The van der Waals surface area contributed by atoms with Crippen LogP contribution in [0.4, 0.5) is 0 Å². The molecule has 0 bridgehead atoms. The molecular weight excluding hydrogens is 232 g/mol. The maximum atomic E-state index is 12.0. The zero-order valence-corrected chi connectivity index (χ0v) is 10.9. The fraction of sp³-hybridized carbons (Fsp3) is 0.846. The summed E-state index contributed by atoms with van der Waals surface area (Å²) in [6.07, 6.45) is 4.15. The number of carboxylic acid groups (broad SMARTS) is 1. The third-order valence-corrected chi connectivity index (χ3v) is 3.84. The highest BCUT2D eigenvalue weighted by Crippen LogP contribution is 2.32. The number of piperidine rings is 1. The van der Waals surface area contributed by atoms with Crippen LogP contribution < -0.4 is 5.32 Å². The number of hydrogen-bond donors (Lipinski definition) is 2. The van der Waals surface area contributed by atoms with Gasteiger partial charge in [0.1, 0.15) is 6.04 Å². The van der Waals surface area contributed by atoms with Crippen LogP contribution in [0, 0.1) is 11.8 Å². The SMILES string of the molecule is CC1CCCN(C(=O)CNC(C(=O)O)C2CC2)C1. The normalized spacial score (nSPS) is 25.8. The van der Waals surface area contributed by atoms with E-state index in [9.17, 15) is 9.59 Å². The van der Waals surface area contributed by atoms with Gasteiger partial charge in [-0.1, -0.05) is 6.92 Å². The molecule has 0 aromatic carbocycles.